The Bertz CT molecular complexity index is 664. The second-order valence-corrected chi connectivity index (χ2v) is 4.67. The predicted molar refractivity (Wildman–Crippen MR) is 78.4 cm³/mol. The number of carbonyl (C=O) groups excluding carboxylic acids is 1. The third kappa shape index (κ3) is 1.98. The highest BCUT2D eigenvalue weighted by atomic mass is 35.5. The molecule has 0 saturated heterocycles. The molecule has 0 atom stereocenters. The molecule has 1 aliphatic heterocycles. The molecule has 0 saturated carbocycles. The zero-order chi connectivity index (χ0) is 13.4. The van der Waals surface area contributed by atoms with Gasteiger partial charge in [0.2, 0.25) is 0 Å². The highest BCUT2D eigenvalue weighted by molar-refractivity contribution is 6.30. The molecule has 2 aromatic carbocycles. The number of halogens is 1. The van der Waals surface area contributed by atoms with Crippen LogP contribution in [0.15, 0.2) is 55.1 Å². The second-order valence-electron chi connectivity index (χ2n) is 4.23. The van der Waals surface area contributed by atoms with Crippen molar-refractivity contribution in [3.8, 4) is 0 Å². The first-order chi connectivity index (χ1) is 9.16. The Hall–Kier alpha value is -2.26. The summed E-state index contributed by atoms with van der Waals surface area (Å²) < 4.78 is 0. The second kappa shape index (κ2) is 4.44. The summed E-state index contributed by atoms with van der Waals surface area (Å²) in [7, 11) is 0. The van der Waals surface area contributed by atoms with Gasteiger partial charge in [-0.05, 0) is 30.3 Å². The summed E-state index contributed by atoms with van der Waals surface area (Å²) in [5, 5.41) is 3.48. The molecule has 1 N–H and O–H groups in total. The predicted octanol–water partition coefficient (Wildman–Crippen LogP) is 4.36. The van der Waals surface area contributed by atoms with E-state index in [-0.39, 0.29) is 6.03 Å². The summed E-state index contributed by atoms with van der Waals surface area (Å²) in [5.74, 6) is 0. The highest BCUT2D eigenvalue weighted by Gasteiger charge is 2.27. The van der Waals surface area contributed by atoms with Gasteiger partial charge in [-0.1, -0.05) is 36.4 Å². The van der Waals surface area contributed by atoms with Crippen LogP contribution in [0.25, 0.3) is 5.70 Å². The summed E-state index contributed by atoms with van der Waals surface area (Å²) in [5.41, 5.74) is 3.09. The number of para-hydroxylation sites is 1. The number of hydrogen-bond donors (Lipinski definition) is 1. The lowest BCUT2D eigenvalue weighted by Crippen LogP contribution is -2.37. The molecule has 94 valence electrons. The van der Waals surface area contributed by atoms with Crippen molar-refractivity contribution in [2.45, 2.75) is 0 Å². The molecule has 0 radical (unpaired) electrons. The number of nitrogens with one attached hydrogen (secondary N) is 1. The van der Waals surface area contributed by atoms with E-state index in [0.29, 0.717) is 10.7 Å². The molecule has 2 aromatic rings. The van der Waals surface area contributed by atoms with Crippen molar-refractivity contribution in [1.82, 2.24) is 0 Å². The van der Waals surface area contributed by atoms with Crippen molar-refractivity contribution in [1.29, 1.82) is 0 Å². The Labute approximate surface area is 116 Å². The van der Waals surface area contributed by atoms with Gasteiger partial charge in [0.25, 0.3) is 0 Å². The van der Waals surface area contributed by atoms with Gasteiger partial charge < -0.3 is 5.32 Å². The molecule has 1 heterocycles. The number of rotatable bonds is 1. The number of anilines is 2. The van der Waals surface area contributed by atoms with E-state index in [1.54, 1.807) is 29.2 Å². The quantitative estimate of drug-likeness (QED) is 0.820. The van der Waals surface area contributed by atoms with Gasteiger partial charge in [0.05, 0.1) is 17.1 Å². The van der Waals surface area contributed by atoms with E-state index in [4.69, 9.17) is 11.6 Å². The minimum Gasteiger partial charge on any atom is -0.307 e. The molecule has 3 nitrogen and oxygen atoms in total. The van der Waals surface area contributed by atoms with Crippen LogP contribution in [-0.2, 0) is 0 Å². The fourth-order valence-corrected chi connectivity index (χ4v) is 2.25. The van der Waals surface area contributed by atoms with Crippen LogP contribution in [-0.4, -0.2) is 6.03 Å². The smallest absolute Gasteiger partial charge is 0.307 e. The van der Waals surface area contributed by atoms with Gasteiger partial charge in [0, 0.05) is 10.6 Å². The van der Waals surface area contributed by atoms with Crippen LogP contribution in [0.5, 0.6) is 0 Å². The first-order valence-electron chi connectivity index (χ1n) is 5.82. The number of urea groups is 1. The number of benzene rings is 2. The molecule has 0 aromatic heterocycles. The number of fused-ring (bicyclic) bond motifs is 1. The number of nitrogens with zero attached hydrogens (tertiary/aromatic N) is 1. The first-order valence-corrected chi connectivity index (χ1v) is 6.19. The Morgan fingerprint density at radius 3 is 2.47 bits per heavy atom. The molecule has 0 unspecified atom stereocenters. The number of amides is 2. The van der Waals surface area contributed by atoms with Gasteiger partial charge in [0.15, 0.2) is 0 Å². The maximum absolute atomic E-state index is 12.2. The van der Waals surface area contributed by atoms with Crippen LogP contribution < -0.4 is 10.2 Å². The molecule has 3 rings (SSSR count). The van der Waals surface area contributed by atoms with Crippen LogP contribution in [0.2, 0.25) is 5.02 Å². The lowest BCUT2D eigenvalue weighted by Gasteiger charge is -2.31. The summed E-state index contributed by atoms with van der Waals surface area (Å²) in [4.78, 5) is 13.7. The van der Waals surface area contributed by atoms with Gasteiger partial charge in [-0.15, -0.1) is 0 Å². The average Bonchev–Trinajstić information content (AvgIpc) is 2.41. The molecule has 1 aliphatic rings. The molecule has 2 amide bonds. The number of carbonyl (C=O) groups is 1. The van der Waals surface area contributed by atoms with E-state index < -0.39 is 0 Å². The van der Waals surface area contributed by atoms with Crippen LogP contribution >= 0.6 is 11.6 Å². The van der Waals surface area contributed by atoms with E-state index in [2.05, 4.69) is 11.9 Å². The zero-order valence-electron chi connectivity index (χ0n) is 10.1. The molecule has 0 spiro atoms. The number of hydrogen-bond acceptors (Lipinski definition) is 1. The van der Waals surface area contributed by atoms with Crippen molar-refractivity contribution in [2.24, 2.45) is 0 Å². The van der Waals surface area contributed by atoms with Crippen molar-refractivity contribution in [2.75, 3.05) is 10.2 Å². The van der Waals surface area contributed by atoms with Gasteiger partial charge in [0.1, 0.15) is 0 Å². The van der Waals surface area contributed by atoms with E-state index in [1.807, 2.05) is 24.3 Å². The van der Waals surface area contributed by atoms with Crippen LogP contribution in [0.3, 0.4) is 0 Å². The maximum atomic E-state index is 12.2. The minimum atomic E-state index is -0.217. The van der Waals surface area contributed by atoms with E-state index in [9.17, 15) is 4.79 Å². The third-order valence-electron chi connectivity index (χ3n) is 3.04. The molecular formula is C15H11ClN2O. The highest BCUT2D eigenvalue weighted by Crippen LogP contribution is 2.34. The van der Waals surface area contributed by atoms with Crippen molar-refractivity contribution in [3.05, 3.63) is 65.7 Å². The van der Waals surface area contributed by atoms with Crippen LogP contribution in [0.1, 0.15) is 5.56 Å². The largest absolute Gasteiger partial charge is 0.330 e. The third-order valence-corrected chi connectivity index (χ3v) is 3.29. The van der Waals surface area contributed by atoms with Crippen molar-refractivity contribution in [3.63, 3.8) is 0 Å². The van der Waals surface area contributed by atoms with Gasteiger partial charge >= 0.3 is 6.03 Å². The Balaban J connectivity index is 2.06. The molecular weight excluding hydrogens is 260 g/mol. The molecule has 4 heteroatoms. The van der Waals surface area contributed by atoms with Gasteiger partial charge in [-0.25, -0.2) is 4.79 Å². The Kier molecular flexibility index (Phi) is 2.76. The minimum absolute atomic E-state index is 0.217. The van der Waals surface area contributed by atoms with Crippen LogP contribution in [0, 0.1) is 0 Å². The average molecular weight is 271 g/mol. The van der Waals surface area contributed by atoms with Crippen molar-refractivity contribution >= 4 is 34.7 Å². The molecule has 19 heavy (non-hydrogen) atoms. The fourth-order valence-electron chi connectivity index (χ4n) is 2.12. The zero-order valence-corrected chi connectivity index (χ0v) is 10.8. The Morgan fingerprint density at radius 1 is 1.05 bits per heavy atom. The first kappa shape index (κ1) is 11.8. The maximum Gasteiger partial charge on any atom is 0.330 e. The molecule has 0 fully saturated rings. The summed E-state index contributed by atoms with van der Waals surface area (Å²) >= 11 is 5.86. The van der Waals surface area contributed by atoms with Crippen molar-refractivity contribution < 1.29 is 4.79 Å². The monoisotopic (exact) mass is 270 g/mol. The Morgan fingerprint density at radius 2 is 1.74 bits per heavy atom. The lowest BCUT2D eigenvalue weighted by molar-refractivity contribution is 0.259. The fraction of sp³-hybridized carbons (Fsp3) is 0. The van der Waals surface area contributed by atoms with Crippen LogP contribution in [0.4, 0.5) is 16.2 Å². The summed E-state index contributed by atoms with van der Waals surface area (Å²) in [6, 6.07) is 14.5. The van der Waals surface area contributed by atoms with E-state index >= 15 is 0 Å². The summed E-state index contributed by atoms with van der Waals surface area (Å²) in [6.45, 7) is 4.02. The topological polar surface area (TPSA) is 32.3 Å². The van der Waals surface area contributed by atoms with E-state index in [0.717, 1.165) is 16.9 Å². The lowest BCUT2D eigenvalue weighted by atomic mass is 10.1. The normalized spacial score (nSPS) is 14.1. The summed E-state index contributed by atoms with van der Waals surface area (Å²) in [6.07, 6.45) is 0. The molecule has 0 bridgehead atoms. The standard InChI is InChI=1S/C15H11ClN2O/c1-10-13-4-2-3-5-14(13)17-15(19)18(10)12-8-6-11(16)7-9-12/h2-9H,1H2,(H,17,19). The van der Waals surface area contributed by atoms with E-state index in [1.165, 1.54) is 0 Å². The molecule has 0 aliphatic carbocycles. The van der Waals surface area contributed by atoms with Gasteiger partial charge in [-0.2, -0.15) is 0 Å². The SMILES string of the molecule is C=C1c2ccccc2NC(=O)N1c1ccc(Cl)cc1. The van der Waals surface area contributed by atoms with Gasteiger partial charge in [-0.3, -0.25) is 4.90 Å².